The van der Waals surface area contributed by atoms with Crippen LogP contribution in [0.1, 0.15) is 12.8 Å². The number of carbonyl (C=O) groups excluding carboxylic acids is 1. The fourth-order valence-electron chi connectivity index (χ4n) is 2.58. The van der Waals surface area contributed by atoms with Gasteiger partial charge < -0.3 is 19.5 Å². The van der Waals surface area contributed by atoms with Gasteiger partial charge in [0.1, 0.15) is 5.51 Å². The van der Waals surface area contributed by atoms with Crippen LogP contribution in [-0.2, 0) is 16.1 Å². The second kappa shape index (κ2) is 8.07. The number of rotatable bonds is 7. The number of morpholine rings is 1. The summed E-state index contributed by atoms with van der Waals surface area (Å²) in [5, 5.41) is 11.8. The fourth-order valence-corrected chi connectivity index (χ4v) is 3.18. The average Bonchev–Trinajstić information content (AvgIpc) is 3.27. The van der Waals surface area contributed by atoms with Gasteiger partial charge in [-0.1, -0.05) is 11.3 Å². The number of nitrogens with one attached hydrogen (secondary N) is 1. The van der Waals surface area contributed by atoms with Gasteiger partial charge >= 0.3 is 0 Å². The van der Waals surface area contributed by atoms with Crippen LogP contribution < -0.4 is 10.2 Å². The highest BCUT2D eigenvalue weighted by Gasteiger charge is 2.22. The van der Waals surface area contributed by atoms with E-state index in [-0.39, 0.29) is 12.0 Å². The van der Waals surface area contributed by atoms with E-state index < -0.39 is 0 Å². The van der Waals surface area contributed by atoms with Crippen molar-refractivity contribution in [1.29, 1.82) is 0 Å². The van der Waals surface area contributed by atoms with Crippen molar-refractivity contribution < 1.29 is 9.53 Å². The molecular formula is C15H21N5O2S. The molecule has 124 valence electrons. The number of amides is 1. The lowest BCUT2D eigenvalue weighted by atomic mass is 10.2. The summed E-state index contributed by atoms with van der Waals surface area (Å²) in [6.45, 7) is 3.60. The van der Waals surface area contributed by atoms with Crippen LogP contribution in [0.2, 0.25) is 0 Å². The van der Waals surface area contributed by atoms with E-state index in [1.807, 2.05) is 24.5 Å². The molecule has 0 bridgehead atoms. The number of aromatic nitrogens is 3. The summed E-state index contributed by atoms with van der Waals surface area (Å²) in [5.74, 6) is 0.0776. The molecular weight excluding hydrogens is 314 g/mol. The molecule has 1 amide bonds. The number of hydrogen-bond acceptors (Lipinski definition) is 6. The van der Waals surface area contributed by atoms with Gasteiger partial charge in [-0.25, -0.2) is 0 Å². The highest BCUT2D eigenvalue weighted by atomic mass is 32.1. The predicted octanol–water partition coefficient (Wildman–Crippen LogP) is 1.14. The Balaban J connectivity index is 1.35. The topological polar surface area (TPSA) is 72.3 Å². The minimum atomic E-state index is 0.000971. The molecule has 2 aromatic heterocycles. The van der Waals surface area contributed by atoms with Crippen molar-refractivity contribution in [2.24, 2.45) is 0 Å². The van der Waals surface area contributed by atoms with Crippen LogP contribution in [0, 0.1) is 0 Å². The standard InChI is InChI=1S/C15H21N5O2S/c21-14(4-3-7-19-5-1-2-6-19)16-10-13-11-20(8-9-22-13)15-18-17-12-23-15/h1-2,5-6,12-13H,3-4,7-11H2,(H,16,21)/t13-/m1/s1. The van der Waals surface area contributed by atoms with Crippen molar-refractivity contribution in [2.45, 2.75) is 25.5 Å². The zero-order chi connectivity index (χ0) is 15.9. The maximum absolute atomic E-state index is 11.9. The van der Waals surface area contributed by atoms with Gasteiger partial charge in [0, 0.05) is 45.0 Å². The second-order valence-corrected chi connectivity index (χ2v) is 6.30. The third-order valence-corrected chi connectivity index (χ3v) is 4.52. The quantitative estimate of drug-likeness (QED) is 0.821. The summed E-state index contributed by atoms with van der Waals surface area (Å²) in [4.78, 5) is 14.1. The van der Waals surface area contributed by atoms with Gasteiger partial charge in [0.2, 0.25) is 11.0 Å². The van der Waals surface area contributed by atoms with Gasteiger partial charge in [-0.05, 0) is 18.6 Å². The van der Waals surface area contributed by atoms with Crippen LogP contribution in [0.3, 0.4) is 0 Å². The molecule has 0 aliphatic carbocycles. The molecule has 1 aliphatic rings. The lowest BCUT2D eigenvalue weighted by molar-refractivity contribution is -0.122. The van der Waals surface area contributed by atoms with Crippen molar-refractivity contribution in [3.05, 3.63) is 30.0 Å². The Morgan fingerprint density at radius 2 is 2.30 bits per heavy atom. The summed E-state index contributed by atoms with van der Waals surface area (Å²) in [7, 11) is 0. The first-order valence-corrected chi connectivity index (χ1v) is 8.69. The first-order chi connectivity index (χ1) is 11.3. The van der Waals surface area contributed by atoms with Gasteiger partial charge in [-0.2, -0.15) is 0 Å². The number of anilines is 1. The van der Waals surface area contributed by atoms with Crippen LogP contribution in [0.4, 0.5) is 5.13 Å². The molecule has 3 rings (SSSR count). The minimum Gasteiger partial charge on any atom is -0.373 e. The number of nitrogens with zero attached hydrogens (tertiary/aromatic N) is 4. The highest BCUT2D eigenvalue weighted by Crippen LogP contribution is 2.18. The van der Waals surface area contributed by atoms with Crippen LogP contribution >= 0.6 is 11.3 Å². The first-order valence-electron chi connectivity index (χ1n) is 7.81. The molecule has 2 aromatic rings. The van der Waals surface area contributed by atoms with Gasteiger partial charge in [-0.15, -0.1) is 10.2 Å². The van der Waals surface area contributed by atoms with E-state index in [9.17, 15) is 4.79 Å². The lowest BCUT2D eigenvalue weighted by Gasteiger charge is -2.32. The summed E-state index contributed by atoms with van der Waals surface area (Å²) in [6.07, 6.45) is 5.39. The average molecular weight is 335 g/mol. The molecule has 3 heterocycles. The molecule has 1 fully saturated rings. The molecule has 1 saturated heterocycles. The maximum atomic E-state index is 11.9. The molecule has 1 atom stereocenters. The predicted molar refractivity (Wildman–Crippen MR) is 88.5 cm³/mol. The highest BCUT2D eigenvalue weighted by molar-refractivity contribution is 7.13. The van der Waals surface area contributed by atoms with Crippen molar-refractivity contribution in [2.75, 3.05) is 31.1 Å². The van der Waals surface area contributed by atoms with Crippen LogP contribution in [-0.4, -0.2) is 53.0 Å². The van der Waals surface area contributed by atoms with Gasteiger partial charge in [-0.3, -0.25) is 4.79 Å². The SMILES string of the molecule is O=C(CCCn1cccc1)NC[C@@H]1CN(c2nncs2)CCO1. The summed E-state index contributed by atoms with van der Waals surface area (Å²) >= 11 is 1.52. The van der Waals surface area contributed by atoms with E-state index in [1.54, 1.807) is 5.51 Å². The monoisotopic (exact) mass is 335 g/mol. The molecule has 8 heteroatoms. The fraction of sp³-hybridized carbons (Fsp3) is 0.533. The summed E-state index contributed by atoms with van der Waals surface area (Å²) < 4.78 is 7.80. The largest absolute Gasteiger partial charge is 0.373 e. The Kier molecular flexibility index (Phi) is 5.60. The van der Waals surface area contributed by atoms with Crippen molar-refractivity contribution in [3.63, 3.8) is 0 Å². The number of hydrogen-bond donors (Lipinski definition) is 1. The molecule has 0 aromatic carbocycles. The normalized spacial score (nSPS) is 18.1. The van der Waals surface area contributed by atoms with Crippen molar-refractivity contribution in [1.82, 2.24) is 20.1 Å². The van der Waals surface area contributed by atoms with E-state index >= 15 is 0 Å². The Morgan fingerprint density at radius 3 is 3.09 bits per heavy atom. The van der Waals surface area contributed by atoms with Crippen molar-refractivity contribution in [3.8, 4) is 0 Å². The van der Waals surface area contributed by atoms with E-state index in [0.717, 1.165) is 31.2 Å². The lowest BCUT2D eigenvalue weighted by Crippen LogP contribution is -2.47. The molecule has 1 N–H and O–H groups in total. The molecule has 0 spiro atoms. The van der Waals surface area contributed by atoms with Gasteiger partial charge in [0.25, 0.3) is 0 Å². The van der Waals surface area contributed by atoms with Crippen LogP contribution in [0.5, 0.6) is 0 Å². The smallest absolute Gasteiger partial charge is 0.220 e. The summed E-state index contributed by atoms with van der Waals surface area (Å²) in [5.41, 5.74) is 1.73. The van der Waals surface area contributed by atoms with E-state index in [2.05, 4.69) is 25.0 Å². The third kappa shape index (κ3) is 4.77. The minimum absolute atomic E-state index is 0.000971. The van der Waals surface area contributed by atoms with E-state index in [1.165, 1.54) is 11.3 Å². The van der Waals surface area contributed by atoms with E-state index in [0.29, 0.717) is 19.6 Å². The zero-order valence-electron chi connectivity index (χ0n) is 12.9. The molecule has 7 nitrogen and oxygen atoms in total. The number of carbonyl (C=O) groups is 1. The Bertz CT molecular complexity index is 587. The maximum Gasteiger partial charge on any atom is 0.220 e. The third-order valence-electron chi connectivity index (χ3n) is 3.77. The Labute approximate surface area is 139 Å². The zero-order valence-corrected chi connectivity index (χ0v) is 13.7. The second-order valence-electron chi connectivity index (χ2n) is 5.49. The van der Waals surface area contributed by atoms with Crippen LogP contribution in [0.25, 0.3) is 0 Å². The van der Waals surface area contributed by atoms with Gasteiger partial charge in [0.05, 0.1) is 12.7 Å². The Hall–Kier alpha value is -1.93. The first kappa shape index (κ1) is 15.9. The number of aryl methyl sites for hydroxylation is 1. The summed E-state index contributed by atoms with van der Waals surface area (Å²) in [6, 6.07) is 3.98. The number of ether oxygens (including phenoxy) is 1. The van der Waals surface area contributed by atoms with Crippen LogP contribution in [0.15, 0.2) is 30.0 Å². The van der Waals surface area contributed by atoms with Crippen molar-refractivity contribution >= 4 is 22.4 Å². The molecule has 0 saturated carbocycles. The molecule has 0 unspecified atom stereocenters. The molecule has 1 aliphatic heterocycles. The van der Waals surface area contributed by atoms with Gasteiger partial charge in [0.15, 0.2) is 0 Å². The van der Waals surface area contributed by atoms with E-state index in [4.69, 9.17) is 4.74 Å². The molecule has 23 heavy (non-hydrogen) atoms. The Morgan fingerprint density at radius 1 is 1.43 bits per heavy atom. The molecule has 0 radical (unpaired) electrons.